The highest BCUT2D eigenvalue weighted by Gasteiger charge is 2.32. The van der Waals surface area contributed by atoms with Crippen molar-refractivity contribution in [2.45, 2.75) is 155 Å². The van der Waals surface area contributed by atoms with Crippen molar-refractivity contribution < 1.29 is 29.1 Å². The number of unbranched alkanes of at least 4 members (excludes halogenated alkanes) is 12. The second-order valence-electron chi connectivity index (χ2n) is 15.0. The Morgan fingerprint density at radius 3 is 1.79 bits per heavy atom. The largest absolute Gasteiger partial charge is 0.508 e. The van der Waals surface area contributed by atoms with E-state index in [9.17, 15) is 29.1 Å². The fraction of sp³-hybridized carbons (Fsp3) is 0.667. The van der Waals surface area contributed by atoms with Crippen LogP contribution in [-0.2, 0) is 36.8 Å². The number of hydrogen-bond donors (Lipinski definition) is 5. The van der Waals surface area contributed by atoms with Crippen LogP contribution in [0.25, 0.3) is 0 Å². The van der Waals surface area contributed by atoms with E-state index < -0.39 is 29.8 Å². The number of aromatic nitrogens is 2. The molecule has 1 heterocycles. The monoisotopic (exact) mass is 738 g/mol. The fourth-order valence-corrected chi connectivity index (χ4v) is 6.67. The molecule has 1 aromatic heterocycles. The first-order valence-electron chi connectivity index (χ1n) is 20.1. The lowest BCUT2D eigenvalue weighted by atomic mass is 9.88. The Bertz CT molecular complexity index is 1360. The van der Waals surface area contributed by atoms with Crippen molar-refractivity contribution in [2.24, 2.45) is 17.8 Å². The summed E-state index contributed by atoms with van der Waals surface area (Å²) in [7, 11) is 1.51. The van der Waals surface area contributed by atoms with Gasteiger partial charge >= 0.3 is 0 Å². The minimum atomic E-state index is -0.908. The number of aromatic hydroxyl groups is 1. The molecule has 296 valence electrons. The lowest BCUT2D eigenvalue weighted by Gasteiger charge is -2.25. The maximum Gasteiger partial charge on any atom is 0.224 e. The predicted octanol–water partition coefficient (Wildman–Crippen LogP) is 6.92. The second kappa shape index (κ2) is 25.9. The van der Waals surface area contributed by atoms with Gasteiger partial charge in [0.2, 0.25) is 17.7 Å². The Hall–Kier alpha value is -4.02. The van der Waals surface area contributed by atoms with E-state index in [0.29, 0.717) is 12.1 Å². The molecule has 0 aliphatic carbocycles. The van der Waals surface area contributed by atoms with Crippen LogP contribution in [0, 0.1) is 17.8 Å². The highest BCUT2D eigenvalue weighted by atomic mass is 16.3. The topological polar surface area (TPSA) is 170 Å². The van der Waals surface area contributed by atoms with Gasteiger partial charge in [-0.05, 0) is 43.4 Å². The number of carbonyl (C=O) groups excluding carboxylic acids is 5. The number of Topliss-reactive ketones (excluding diaryl/α,β-unsaturated/α-hetero) is 2. The molecular formula is C42H67N5O6. The molecule has 4 atom stereocenters. The third kappa shape index (κ3) is 18.5. The van der Waals surface area contributed by atoms with E-state index in [1.807, 2.05) is 13.8 Å². The average Bonchev–Trinajstić information content (AvgIpc) is 3.65. The summed E-state index contributed by atoms with van der Waals surface area (Å²) >= 11 is 0. The van der Waals surface area contributed by atoms with Gasteiger partial charge in [-0.2, -0.15) is 0 Å². The third-order valence-electron chi connectivity index (χ3n) is 10.0. The number of phenolic OH excluding ortho intramolecular Hbond substituents is 1. The summed E-state index contributed by atoms with van der Waals surface area (Å²) < 4.78 is 0. The smallest absolute Gasteiger partial charge is 0.224 e. The van der Waals surface area contributed by atoms with Crippen molar-refractivity contribution in [2.75, 3.05) is 7.05 Å². The molecule has 11 nitrogen and oxygen atoms in total. The van der Waals surface area contributed by atoms with Crippen molar-refractivity contribution in [1.82, 2.24) is 25.9 Å². The van der Waals surface area contributed by atoms with E-state index in [-0.39, 0.29) is 60.7 Å². The number of amides is 3. The molecule has 53 heavy (non-hydrogen) atoms. The lowest BCUT2D eigenvalue weighted by Crippen LogP contribution is -2.47. The maximum atomic E-state index is 13.7. The molecule has 0 spiro atoms. The number of hydrogen-bond acceptors (Lipinski definition) is 7. The van der Waals surface area contributed by atoms with Crippen molar-refractivity contribution in [3.05, 3.63) is 48.0 Å². The van der Waals surface area contributed by atoms with E-state index in [1.165, 1.54) is 89.7 Å². The van der Waals surface area contributed by atoms with E-state index in [1.54, 1.807) is 25.3 Å². The zero-order valence-corrected chi connectivity index (χ0v) is 33.0. The van der Waals surface area contributed by atoms with Gasteiger partial charge < -0.3 is 26.0 Å². The normalized spacial score (nSPS) is 13.5. The predicted molar refractivity (Wildman–Crippen MR) is 209 cm³/mol. The number of carbonyl (C=O) groups is 5. The molecule has 5 N–H and O–H groups in total. The molecule has 2 rings (SSSR count). The summed E-state index contributed by atoms with van der Waals surface area (Å²) in [5, 5.41) is 17.9. The average molecular weight is 738 g/mol. The molecule has 0 saturated heterocycles. The SMILES string of the molecule is CCCCCCCCCCCCCCCC(=O)N[C@H](C(=O)C[C@@H](Cc1cnc[nH]1)C(=O)N[C@@H](C)C(=O)C[C@@H](Cc1ccc(O)cc1)C(=O)NC)C(C)C. The molecule has 0 saturated carbocycles. The van der Waals surface area contributed by atoms with Crippen molar-refractivity contribution in [1.29, 1.82) is 0 Å². The quantitative estimate of drug-likeness (QED) is 0.0564. The Morgan fingerprint density at radius 1 is 0.717 bits per heavy atom. The molecule has 0 fully saturated rings. The summed E-state index contributed by atoms with van der Waals surface area (Å²) in [4.78, 5) is 73.2. The Kier molecular flexibility index (Phi) is 22.0. The molecule has 2 aromatic rings. The molecule has 0 aliphatic heterocycles. The van der Waals surface area contributed by atoms with Crippen LogP contribution >= 0.6 is 0 Å². The minimum absolute atomic E-state index is 0.104. The van der Waals surface area contributed by atoms with Gasteiger partial charge in [0.1, 0.15) is 5.75 Å². The van der Waals surface area contributed by atoms with Gasteiger partial charge in [-0.1, -0.05) is 110 Å². The number of phenols is 1. The second-order valence-corrected chi connectivity index (χ2v) is 15.0. The first-order chi connectivity index (χ1) is 25.4. The van der Waals surface area contributed by atoms with Gasteiger partial charge in [-0.3, -0.25) is 24.0 Å². The van der Waals surface area contributed by atoms with Crippen LogP contribution in [0.5, 0.6) is 5.75 Å². The van der Waals surface area contributed by atoms with E-state index in [4.69, 9.17) is 0 Å². The zero-order chi connectivity index (χ0) is 39.0. The molecule has 0 unspecified atom stereocenters. The van der Waals surface area contributed by atoms with Crippen LogP contribution in [0.1, 0.15) is 142 Å². The zero-order valence-electron chi connectivity index (χ0n) is 33.0. The van der Waals surface area contributed by atoms with Crippen LogP contribution < -0.4 is 16.0 Å². The van der Waals surface area contributed by atoms with Crippen LogP contribution in [-0.4, -0.2) is 63.5 Å². The van der Waals surface area contributed by atoms with Gasteiger partial charge in [0.05, 0.1) is 24.3 Å². The van der Waals surface area contributed by atoms with E-state index in [0.717, 1.165) is 24.8 Å². The Morgan fingerprint density at radius 2 is 1.26 bits per heavy atom. The summed E-state index contributed by atoms with van der Waals surface area (Å²) in [6.07, 6.45) is 19.6. The molecule has 0 radical (unpaired) electrons. The first-order valence-corrected chi connectivity index (χ1v) is 20.1. The molecule has 0 aliphatic rings. The fourth-order valence-electron chi connectivity index (χ4n) is 6.67. The van der Waals surface area contributed by atoms with Gasteiger partial charge in [0.25, 0.3) is 0 Å². The number of ketones is 2. The molecule has 3 amide bonds. The highest BCUT2D eigenvalue weighted by molar-refractivity contribution is 5.95. The third-order valence-corrected chi connectivity index (χ3v) is 10.0. The number of nitrogens with zero attached hydrogens (tertiary/aromatic N) is 1. The van der Waals surface area contributed by atoms with Gasteiger partial charge in [0.15, 0.2) is 11.6 Å². The highest BCUT2D eigenvalue weighted by Crippen LogP contribution is 2.20. The van der Waals surface area contributed by atoms with Gasteiger partial charge in [0, 0.05) is 50.5 Å². The van der Waals surface area contributed by atoms with Crippen molar-refractivity contribution in [3.8, 4) is 5.75 Å². The number of benzene rings is 1. The van der Waals surface area contributed by atoms with Crippen molar-refractivity contribution in [3.63, 3.8) is 0 Å². The van der Waals surface area contributed by atoms with Crippen LogP contribution in [0.15, 0.2) is 36.8 Å². The number of aromatic amines is 1. The maximum absolute atomic E-state index is 13.7. The molecule has 11 heteroatoms. The molecule has 1 aromatic carbocycles. The summed E-state index contributed by atoms with van der Waals surface area (Å²) in [5.41, 5.74) is 1.45. The van der Waals surface area contributed by atoms with E-state index >= 15 is 0 Å². The number of H-pyrrole nitrogens is 1. The van der Waals surface area contributed by atoms with Gasteiger partial charge in [-0.25, -0.2) is 4.98 Å². The summed E-state index contributed by atoms with van der Waals surface area (Å²) in [5.74, 6) is -3.06. The van der Waals surface area contributed by atoms with Crippen LogP contribution in [0.3, 0.4) is 0 Å². The minimum Gasteiger partial charge on any atom is -0.508 e. The van der Waals surface area contributed by atoms with Crippen LogP contribution in [0.2, 0.25) is 0 Å². The molecule has 0 bridgehead atoms. The number of rotatable bonds is 29. The Balaban J connectivity index is 1.89. The number of imidazole rings is 1. The lowest BCUT2D eigenvalue weighted by molar-refractivity contribution is -0.134. The summed E-state index contributed by atoms with van der Waals surface area (Å²) in [6, 6.07) is 4.80. The van der Waals surface area contributed by atoms with E-state index in [2.05, 4.69) is 32.8 Å². The summed E-state index contributed by atoms with van der Waals surface area (Å²) in [6.45, 7) is 7.57. The molecular weight excluding hydrogens is 670 g/mol. The number of nitrogens with one attached hydrogen (secondary N) is 4. The van der Waals surface area contributed by atoms with Gasteiger partial charge in [-0.15, -0.1) is 0 Å². The van der Waals surface area contributed by atoms with Crippen LogP contribution in [0.4, 0.5) is 0 Å². The van der Waals surface area contributed by atoms with Crippen molar-refractivity contribution >= 4 is 29.3 Å². The first kappa shape index (κ1) is 45.1. The standard InChI is InChI=1S/C42H67N5O6/c1-6-7-8-9-10-11-12-13-14-15-16-17-18-19-39(51)47-40(30(2)3)38(50)27-34(25-35-28-44-29-45-35)42(53)46-31(4)37(49)26-33(41(52)43-5)24-32-20-22-36(48)23-21-32/h20-23,28-31,33-34,40,48H,6-19,24-27H2,1-5H3,(H,43,52)(H,44,45)(H,46,53)(H,47,51)/t31-,33+,34+,40-/m0/s1. The Labute approximate surface area is 317 Å².